The van der Waals surface area contributed by atoms with Crippen LogP contribution in [-0.4, -0.2) is 6.54 Å². The van der Waals surface area contributed by atoms with E-state index in [2.05, 4.69) is 5.32 Å². The average molecular weight is 247 g/mol. The second kappa shape index (κ2) is 3.98. The van der Waals surface area contributed by atoms with Crippen LogP contribution in [0.4, 0.5) is 17.6 Å². The Balaban J connectivity index is 2.46. The van der Waals surface area contributed by atoms with Gasteiger partial charge in [-0.05, 0) is 44.5 Å². The number of nitrogens with one attached hydrogen (secondary N) is 1. The van der Waals surface area contributed by atoms with Crippen molar-refractivity contribution in [3.8, 4) is 0 Å². The third-order valence-electron chi connectivity index (χ3n) is 3.26. The minimum atomic E-state index is -4.43. The summed E-state index contributed by atoms with van der Waals surface area (Å²) in [5, 5.41) is 3.06. The summed E-state index contributed by atoms with van der Waals surface area (Å²) in [7, 11) is 0. The molecule has 1 atom stereocenters. The fourth-order valence-corrected chi connectivity index (χ4v) is 2.25. The lowest BCUT2D eigenvalue weighted by atomic mass is 9.89. The highest BCUT2D eigenvalue weighted by Gasteiger charge is 2.36. The fourth-order valence-electron chi connectivity index (χ4n) is 2.25. The minimum Gasteiger partial charge on any atom is -0.308 e. The van der Waals surface area contributed by atoms with Crippen LogP contribution in [0.15, 0.2) is 18.2 Å². The first kappa shape index (κ1) is 12.4. The Morgan fingerprint density at radius 1 is 1.29 bits per heavy atom. The second-order valence-corrected chi connectivity index (χ2v) is 4.55. The predicted octanol–water partition coefficient (Wildman–Crippen LogP) is 3.44. The van der Waals surface area contributed by atoms with E-state index in [1.165, 1.54) is 0 Å². The maximum absolute atomic E-state index is 13.6. The van der Waals surface area contributed by atoms with Crippen LogP contribution in [0.1, 0.15) is 30.9 Å². The summed E-state index contributed by atoms with van der Waals surface area (Å²) in [5.41, 5.74) is -1.39. The quantitative estimate of drug-likeness (QED) is 0.749. The third kappa shape index (κ3) is 2.29. The number of hydrogen-bond acceptors (Lipinski definition) is 1. The van der Waals surface area contributed by atoms with Gasteiger partial charge in [-0.2, -0.15) is 13.2 Å². The molecule has 1 nitrogen and oxygen atoms in total. The smallest absolute Gasteiger partial charge is 0.308 e. The first-order chi connectivity index (χ1) is 7.83. The molecule has 0 aliphatic carbocycles. The molecule has 0 saturated carbocycles. The zero-order valence-electron chi connectivity index (χ0n) is 9.37. The van der Waals surface area contributed by atoms with Crippen molar-refractivity contribution in [1.82, 2.24) is 5.32 Å². The summed E-state index contributed by atoms with van der Waals surface area (Å²) in [5.74, 6) is -0.588. The lowest BCUT2D eigenvalue weighted by Crippen LogP contribution is -2.34. The van der Waals surface area contributed by atoms with Gasteiger partial charge in [0, 0.05) is 11.1 Å². The van der Waals surface area contributed by atoms with Crippen LogP contribution in [0.2, 0.25) is 0 Å². The fraction of sp³-hybridized carbons (Fsp3) is 0.500. The van der Waals surface area contributed by atoms with Crippen LogP contribution in [0, 0.1) is 5.82 Å². The van der Waals surface area contributed by atoms with E-state index in [9.17, 15) is 17.6 Å². The Labute approximate surface area is 96.8 Å². The van der Waals surface area contributed by atoms with E-state index in [4.69, 9.17) is 0 Å². The first-order valence-electron chi connectivity index (χ1n) is 5.45. The van der Waals surface area contributed by atoms with Crippen LogP contribution in [0.3, 0.4) is 0 Å². The van der Waals surface area contributed by atoms with E-state index in [-0.39, 0.29) is 5.56 Å². The first-order valence-corrected chi connectivity index (χ1v) is 5.45. The van der Waals surface area contributed by atoms with Crippen molar-refractivity contribution in [2.75, 3.05) is 6.54 Å². The highest BCUT2D eigenvalue weighted by molar-refractivity contribution is 5.33. The summed E-state index contributed by atoms with van der Waals surface area (Å²) in [6.45, 7) is 2.44. The summed E-state index contributed by atoms with van der Waals surface area (Å²) < 4.78 is 51.4. The molecule has 17 heavy (non-hydrogen) atoms. The van der Waals surface area contributed by atoms with Crippen LogP contribution in [0.5, 0.6) is 0 Å². The topological polar surface area (TPSA) is 12.0 Å². The lowest BCUT2D eigenvalue weighted by molar-refractivity contribution is -0.137. The van der Waals surface area contributed by atoms with Crippen LogP contribution < -0.4 is 5.32 Å². The highest BCUT2D eigenvalue weighted by atomic mass is 19.4. The van der Waals surface area contributed by atoms with Gasteiger partial charge in [0.2, 0.25) is 0 Å². The largest absolute Gasteiger partial charge is 0.416 e. The van der Waals surface area contributed by atoms with Gasteiger partial charge in [0.15, 0.2) is 0 Å². The molecule has 1 fully saturated rings. The van der Waals surface area contributed by atoms with Crippen molar-refractivity contribution in [1.29, 1.82) is 0 Å². The van der Waals surface area contributed by atoms with Crippen molar-refractivity contribution in [2.24, 2.45) is 0 Å². The van der Waals surface area contributed by atoms with E-state index in [0.717, 1.165) is 24.6 Å². The standard InChI is InChI=1S/C12H13F4N/c1-11(5-2-6-17-11)9-7-8(12(14,15)16)3-4-10(9)13/h3-4,7,17H,2,5-6H2,1H3. The summed E-state index contributed by atoms with van der Waals surface area (Å²) in [6, 6.07) is 2.58. The van der Waals surface area contributed by atoms with Gasteiger partial charge in [0.25, 0.3) is 0 Å². The zero-order valence-corrected chi connectivity index (χ0v) is 9.37. The van der Waals surface area contributed by atoms with Crippen LogP contribution in [0.25, 0.3) is 0 Å². The van der Waals surface area contributed by atoms with Gasteiger partial charge in [-0.15, -0.1) is 0 Å². The summed E-state index contributed by atoms with van der Waals surface area (Å²) in [6.07, 6.45) is -2.95. The second-order valence-electron chi connectivity index (χ2n) is 4.55. The van der Waals surface area contributed by atoms with E-state index in [1.807, 2.05) is 0 Å². The molecule has 1 saturated heterocycles. The Morgan fingerprint density at radius 3 is 2.53 bits per heavy atom. The zero-order chi connectivity index (χ0) is 12.7. The number of halogens is 4. The Kier molecular flexibility index (Phi) is 2.89. The molecule has 0 aromatic heterocycles. The molecule has 0 radical (unpaired) electrons. The summed E-state index contributed by atoms with van der Waals surface area (Å²) >= 11 is 0. The highest BCUT2D eigenvalue weighted by Crippen LogP contribution is 2.36. The van der Waals surface area contributed by atoms with Crippen molar-refractivity contribution in [2.45, 2.75) is 31.5 Å². The molecule has 1 aliphatic rings. The Bertz CT molecular complexity index is 419. The molecule has 94 valence electrons. The molecule has 2 rings (SSSR count). The number of rotatable bonds is 1. The molecule has 1 aliphatic heterocycles. The third-order valence-corrected chi connectivity index (χ3v) is 3.26. The van der Waals surface area contributed by atoms with Crippen molar-refractivity contribution in [3.63, 3.8) is 0 Å². The molecule has 1 heterocycles. The maximum Gasteiger partial charge on any atom is 0.416 e. The van der Waals surface area contributed by atoms with Crippen molar-refractivity contribution < 1.29 is 17.6 Å². The Hall–Kier alpha value is -1.10. The van der Waals surface area contributed by atoms with Crippen molar-refractivity contribution >= 4 is 0 Å². The Morgan fingerprint density at radius 2 is 2.00 bits per heavy atom. The molecule has 5 heteroatoms. The lowest BCUT2D eigenvalue weighted by Gasteiger charge is -2.26. The van der Waals surface area contributed by atoms with Crippen LogP contribution >= 0.6 is 0 Å². The van der Waals surface area contributed by atoms with E-state index >= 15 is 0 Å². The van der Waals surface area contributed by atoms with E-state index < -0.39 is 23.1 Å². The number of hydrogen-bond donors (Lipinski definition) is 1. The SMILES string of the molecule is CC1(c2cc(C(F)(F)F)ccc2F)CCCN1. The van der Waals surface area contributed by atoms with Gasteiger partial charge in [-0.1, -0.05) is 0 Å². The van der Waals surface area contributed by atoms with Gasteiger partial charge in [-0.25, -0.2) is 4.39 Å². The molecule has 0 amide bonds. The molecule has 1 aromatic carbocycles. The van der Waals surface area contributed by atoms with E-state index in [1.54, 1.807) is 6.92 Å². The normalized spacial score (nSPS) is 25.2. The van der Waals surface area contributed by atoms with E-state index in [0.29, 0.717) is 13.0 Å². The minimum absolute atomic E-state index is 0.102. The molecular weight excluding hydrogens is 234 g/mol. The van der Waals surface area contributed by atoms with Gasteiger partial charge in [0.1, 0.15) is 5.82 Å². The maximum atomic E-state index is 13.6. The number of benzene rings is 1. The number of alkyl halides is 3. The van der Waals surface area contributed by atoms with Gasteiger partial charge in [-0.3, -0.25) is 0 Å². The predicted molar refractivity (Wildman–Crippen MR) is 56.0 cm³/mol. The monoisotopic (exact) mass is 247 g/mol. The van der Waals surface area contributed by atoms with Gasteiger partial charge < -0.3 is 5.32 Å². The average Bonchev–Trinajstić information content (AvgIpc) is 2.65. The molecular formula is C12H13F4N. The van der Waals surface area contributed by atoms with Gasteiger partial charge in [0.05, 0.1) is 5.56 Å². The molecule has 1 aromatic rings. The molecule has 1 unspecified atom stereocenters. The van der Waals surface area contributed by atoms with Crippen LogP contribution in [-0.2, 0) is 11.7 Å². The molecule has 0 bridgehead atoms. The molecule has 0 spiro atoms. The molecule has 1 N–H and O–H groups in total. The van der Waals surface area contributed by atoms with Crippen molar-refractivity contribution in [3.05, 3.63) is 35.1 Å². The van der Waals surface area contributed by atoms with Gasteiger partial charge >= 0.3 is 6.18 Å². The summed E-state index contributed by atoms with van der Waals surface area (Å²) in [4.78, 5) is 0.